The van der Waals surface area contributed by atoms with Crippen LogP contribution in [0.25, 0.3) is 0 Å². The lowest BCUT2D eigenvalue weighted by Gasteiger charge is -2.15. The van der Waals surface area contributed by atoms with Crippen molar-refractivity contribution in [1.82, 2.24) is 5.32 Å². The summed E-state index contributed by atoms with van der Waals surface area (Å²) in [7, 11) is 3.14. The fourth-order valence-corrected chi connectivity index (χ4v) is 1.62. The molecule has 0 saturated carbocycles. The van der Waals surface area contributed by atoms with E-state index in [0.29, 0.717) is 6.42 Å². The van der Waals surface area contributed by atoms with Crippen LogP contribution in [0.5, 0.6) is 0 Å². The van der Waals surface area contributed by atoms with Gasteiger partial charge in [0.25, 0.3) is 0 Å². The highest BCUT2D eigenvalue weighted by molar-refractivity contribution is 5.83. The molecule has 0 bridgehead atoms. The smallest absolute Gasteiger partial charge is 0.328 e. The molecule has 0 aromatic heterocycles. The molecule has 0 aliphatic rings. The van der Waals surface area contributed by atoms with Crippen molar-refractivity contribution >= 4 is 17.6 Å². The fourth-order valence-electron chi connectivity index (χ4n) is 1.62. The number of rotatable bonds is 5. The maximum Gasteiger partial charge on any atom is 0.328 e. The molecule has 1 amide bonds. The van der Waals surface area contributed by atoms with Crippen LogP contribution in [-0.2, 0) is 20.7 Å². The SMILES string of the molecule is CNc1ccc(CC(NC(C)=O)C(=O)OC)cc1. The highest BCUT2D eigenvalue weighted by Crippen LogP contribution is 2.11. The summed E-state index contributed by atoms with van der Waals surface area (Å²) in [5.74, 6) is -0.694. The van der Waals surface area contributed by atoms with Crippen LogP contribution in [0.2, 0.25) is 0 Å². The highest BCUT2D eigenvalue weighted by Gasteiger charge is 2.20. The highest BCUT2D eigenvalue weighted by atomic mass is 16.5. The minimum absolute atomic E-state index is 0.253. The average Bonchev–Trinajstić information content (AvgIpc) is 2.37. The Labute approximate surface area is 107 Å². The van der Waals surface area contributed by atoms with Gasteiger partial charge in [-0.15, -0.1) is 0 Å². The van der Waals surface area contributed by atoms with Crippen molar-refractivity contribution in [2.24, 2.45) is 0 Å². The Hall–Kier alpha value is -2.04. The summed E-state index contributed by atoms with van der Waals surface area (Å²) in [4.78, 5) is 22.6. The molecule has 18 heavy (non-hydrogen) atoms. The first-order valence-corrected chi connectivity index (χ1v) is 5.68. The molecule has 1 atom stereocenters. The van der Waals surface area contributed by atoms with Gasteiger partial charge in [-0.3, -0.25) is 4.79 Å². The van der Waals surface area contributed by atoms with Crippen molar-refractivity contribution in [2.75, 3.05) is 19.5 Å². The second-order valence-corrected chi connectivity index (χ2v) is 3.93. The molecule has 1 aromatic rings. The molecule has 1 unspecified atom stereocenters. The van der Waals surface area contributed by atoms with Gasteiger partial charge in [0.15, 0.2) is 0 Å². The van der Waals surface area contributed by atoms with Crippen molar-refractivity contribution in [3.63, 3.8) is 0 Å². The van der Waals surface area contributed by atoms with Crippen LogP contribution in [-0.4, -0.2) is 32.1 Å². The Balaban J connectivity index is 2.75. The third-order valence-electron chi connectivity index (χ3n) is 2.55. The molecule has 1 rings (SSSR count). The lowest BCUT2D eigenvalue weighted by molar-refractivity contribution is -0.144. The van der Waals surface area contributed by atoms with Crippen LogP contribution < -0.4 is 10.6 Å². The molecule has 5 nitrogen and oxygen atoms in total. The number of esters is 1. The molecule has 0 spiro atoms. The Morgan fingerprint density at radius 3 is 2.33 bits per heavy atom. The number of hydrogen-bond acceptors (Lipinski definition) is 4. The molecule has 0 radical (unpaired) electrons. The zero-order valence-electron chi connectivity index (χ0n) is 10.8. The van der Waals surface area contributed by atoms with Gasteiger partial charge in [0.05, 0.1) is 7.11 Å². The number of amides is 1. The number of nitrogens with one attached hydrogen (secondary N) is 2. The quantitative estimate of drug-likeness (QED) is 0.763. The van der Waals surface area contributed by atoms with Crippen LogP contribution in [0.3, 0.4) is 0 Å². The van der Waals surface area contributed by atoms with E-state index in [-0.39, 0.29) is 5.91 Å². The zero-order chi connectivity index (χ0) is 13.5. The standard InChI is InChI=1S/C13H18N2O3/c1-9(16)15-12(13(17)18-3)8-10-4-6-11(14-2)7-5-10/h4-7,12,14H,8H2,1-3H3,(H,15,16). The molecule has 0 heterocycles. The molecule has 5 heteroatoms. The van der Waals surface area contributed by atoms with Gasteiger partial charge in [-0.1, -0.05) is 12.1 Å². The van der Waals surface area contributed by atoms with E-state index in [1.807, 2.05) is 31.3 Å². The number of methoxy groups -OCH3 is 1. The molecule has 0 aliphatic carbocycles. The van der Waals surface area contributed by atoms with Crippen LogP contribution in [0, 0.1) is 0 Å². The molecule has 0 fully saturated rings. The number of benzene rings is 1. The summed E-state index contributed by atoms with van der Waals surface area (Å²) in [6.45, 7) is 1.38. The van der Waals surface area contributed by atoms with Gasteiger partial charge < -0.3 is 15.4 Å². The number of carbonyl (C=O) groups excluding carboxylic acids is 2. The van der Waals surface area contributed by atoms with E-state index in [9.17, 15) is 9.59 Å². The van der Waals surface area contributed by atoms with Crippen molar-refractivity contribution < 1.29 is 14.3 Å². The largest absolute Gasteiger partial charge is 0.467 e. The monoisotopic (exact) mass is 250 g/mol. The number of anilines is 1. The van der Waals surface area contributed by atoms with E-state index in [1.54, 1.807) is 0 Å². The van der Waals surface area contributed by atoms with Gasteiger partial charge >= 0.3 is 5.97 Å². The van der Waals surface area contributed by atoms with Crippen LogP contribution in [0.4, 0.5) is 5.69 Å². The van der Waals surface area contributed by atoms with Gasteiger partial charge in [-0.25, -0.2) is 4.79 Å². The minimum atomic E-state index is -0.645. The zero-order valence-corrected chi connectivity index (χ0v) is 10.8. The molecule has 0 aliphatic heterocycles. The van der Waals surface area contributed by atoms with Gasteiger partial charge in [0.2, 0.25) is 5.91 Å². The van der Waals surface area contributed by atoms with E-state index >= 15 is 0 Å². The number of ether oxygens (including phenoxy) is 1. The Morgan fingerprint density at radius 2 is 1.89 bits per heavy atom. The van der Waals surface area contributed by atoms with Crippen molar-refractivity contribution in [3.8, 4) is 0 Å². The van der Waals surface area contributed by atoms with Gasteiger partial charge in [0.1, 0.15) is 6.04 Å². The summed E-state index contributed by atoms with van der Waals surface area (Å²) >= 11 is 0. The summed E-state index contributed by atoms with van der Waals surface area (Å²) < 4.78 is 4.66. The van der Waals surface area contributed by atoms with E-state index < -0.39 is 12.0 Å². The summed E-state index contributed by atoms with van der Waals surface area (Å²) in [6.07, 6.45) is 0.413. The Kier molecular flexibility index (Phi) is 5.17. The van der Waals surface area contributed by atoms with Crippen molar-refractivity contribution in [3.05, 3.63) is 29.8 Å². The predicted octanol–water partition coefficient (Wildman–Crippen LogP) is 0.948. The lowest BCUT2D eigenvalue weighted by atomic mass is 10.1. The maximum atomic E-state index is 11.5. The third kappa shape index (κ3) is 4.08. The Bertz CT molecular complexity index is 415. The molecule has 98 valence electrons. The van der Waals surface area contributed by atoms with E-state index in [2.05, 4.69) is 15.4 Å². The second kappa shape index (κ2) is 6.64. The molecule has 1 aromatic carbocycles. The maximum absolute atomic E-state index is 11.5. The van der Waals surface area contributed by atoms with E-state index in [4.69, 9.17) is 0 Å². The first-order chi connectivity index (χ1) is 8.56. The predicted molar refractivity (Wildman–Crippen MR) is 69.3 cm³/mol. The Morgan fingerprint density at radius 1 is 1.28 bits per heavy atom. The number of carbonyl (C=O) groups is 2. The van der Waals surface area contributed by atoms with Gasteiger partial charge in [-0.2, -0.15) is 0 Å². The van der Waals surface area contributed by atoms with Crippen LogP contribution in [0.1, 0.15) is 12.5 Å². The number of hydrogen-bond donors (Lipinski definition) is 2. The normalized spacial score (nSPS) is 11.5. The summed E-state index contributed by atoms with van der Waals surface area (Å²) in [6, 6.07) is 7.00. The van der Waals surface area contributed by atoms with Gasteiger partial charge in [0, 0.05) is 26.1 Å². The van der Waals surface area contributed by atoms with E-state index in [1.165, 1.54) is 14.0 Å². The molecular weight excluding hydrogens is 232 g/mol. The summed E-state index contributed by atoms with van der Waals surface area (Å²) in [5, 5.41) is 5.59. The van der Waals surface area contributed by atoms with Crippen molar-refractivity contribution in [1.29, 1.82) is 0 Å². The lowest BCUT2D eigenvalue weighted by Crippen LogP contribution is -2.41. The third-order valence-corrected chi connectivity index (χ3v) is 2.55. The molecule has 2 N–H and O–H groups in total. The van der Waals surface area contributed by atoms with Crippen LogP contribution in [0.15, 0.2) is 24.3 Å². The first kappa shape index (κ1) is 14.0. The molecular formula is C13H18N2O3. The summed E-state index contributed by atoms with van der Waals surface area (Å²) in [5.41, 5.74) is 1.95. The minimum Gasteiger partial charge on any atom is -0.467 e. The van der Waals surface area contributed by atoms with Crippen LogP contribution >= 0.6 is 0 Å². The van der Waals surface area contributed by atoms with Gasteiger partial charge in [-0.05, 0) is 17.7 Å². The first-order valence-electron chi connectivity index (χ1n) is 5.68. The topological polar surface area (TPSA) is 67.4 Å². The fraction of sp³-hybridized carbons (Fsp3) is 0.385. The molecule has 0 saturated heterocycles. The van der Waals surface area contributed by atoms with Crippen molar-refractivity contribution in [2.45, 2.75) is 19.4 Å². The average molecular weight is 250 g/mol. The second-order valence-electron chi connectivity index (χ2n) is 3.93. The van der Waals surface area contributed by atoms with E-state index in [0.717, 1.165) is 11.3 Å².